The fourth-order valence-electron chi connectivity index (χ4n) is 5.71. The van der Waals surface area contributed by atoms with Crippen LogP contribution in [0.5, 0.6) is 0 Å². The predicted octanol–water partition coefficient (Wildman–Crippen LogP) is 2.86. The van der Waals surface area contributed by atoms with Crippen molar-refractivity contribution in [3.05, 3.63) is 23.8 Å². The number of likely N-dealkylation sites (N-methyl/N-ethyl adjacent to an activating group) is 1. The van der Waals surface area contributed by atoms with E-state index in [0.717, 1.165) is 5.57 Å². The number of carbonyl (C=O) groups is 2. The van der Waals surface area contributed by atoms with Crippen LogP contribution in [0.1, 0.15) is 67.2 Å². The minimum Gasteiger partial charge on any atom is -0.462 e. The van der Waals surface area contributed by atoms with Crippen LogP contribution >= 0.6 is 0 Å². The number of rotatable bonds is 5. The molecule has 11 atom stereocenters. The first kappa shape index (κ1) is 33.6. The van der Waals surface area contributed by atoms with E-state index in [2.05, 4.69) is 0 Å². The molecule has 224 valence electrons. The summed E-state index contributed by atoms with van der Waals surface area (Å²) in [7, 11) is 3.80. The number of aliphatic hydroxyl groups excluding tert-OH is 3. The highest BCUT2D eigenvalue weighted by molar-refractivity contribution is 5.91. The second-order valence-corrected chi connectivity index (χ2v) is 11.8. The van der Waals surface area contributed by atoms with E-state index in [1.165, 1.54) is 0 Å². The number of hydrogen-bond acceptors (Lipinski definition) is 9. The van der Waals surface area contributed by atoms with Crippen molar-refractivity contribution < 1.29 is 39.1 Å². The molecule has 1 fully saturated rings. The Labute approximate surface area is 234 Å². The van der Waals surface area contributed by atoms with Gasteiger partial charge in [-0.25, -0.2) is 0 Å². The summed E-state index contributed by atoms with van der Waals surface area (Å²) in [5.41, 5.74) is 0.784. The number of ether oxygens (including phenoxy) is 3. The van der Waals surface area contributed by atoms with Crippen LogP contribution in [0, 0.1) is 23.7 Å². The standard InChI is InChI=1S/C30H51NO8/c1-9-26-22(16-32)12-17(2)10-11-24(33)18(3)13-19(4)29(21(6)25(34)15-27(35)38-26)39-30-28(36)23(31(7)8)14-20(5)37-30/h10-12,18-23,25-26,28-30,32,34,36H,9,13-16H2,1-8H3. The molecule has 3 N–H and O–H groups in total. The Bertz CT molecular complexity index is 858. The van der Waals surface area contributed by atoms with Crippen LogP contribution in [0.3, 0.4) is 0 Å². The van der Waals surface area contributed by atoms with Crippen molar-refractivity contribution in [1.29, 1.82) is 0 Å². The number of nitrogens with zero attached hydrogens (tertiary/aromatic N) is 1. The molecule has 0 saturated carbocycles. The van der Waals surface area contributed by atoms with E-state index in [0.29, 0.717) is 19.3 Å². The minimum atomic E-state index is -1.09. The van der Waals surface area contributed by atoms with Crippen molar-refractivity contribution in [2.24, 2.45) is 23.7 Å². The lowest BCUT2D eigenvalue weighted by molar-refractivity contribution is -0.282. The van der Waals surface area contributed by atoms with Gasteiger partial charge in [-0.05, 0) is 59.2 Å². The molecule has 0 radical (unpaired) electrons. The fraction of sp³-hybridized carbons (Fsp3) is 0.800. The third kappa shape index (κ3) is 9.47. The monoisotopic (exact) mass is 553 g/mol. The van der Waals surface area contributed by atoms with Gasteiger partial charge in [-0.15, -0.1) is 0 Å². The van der Waals surface area contributed by atoms with Gasteiger partial charge in [0, 0.05) is 23.8 Å². The van der Waals surface area contributed by atoms with Gasteiger partial charge in [0.25, 0.3) is 0 Å². The smallest absolute Gasteiger partial charge is 0.308 e. The molecule has 39 heavy (non-hydrogen) atoms. The number of esters is 1. The molecular formula is C30H51NO8. The first-order valence-corrected chi connectivity index (χ1v) is 14.3. The van der Waals surface area contributed by atoms with Crippen molar-refractivity contribution in [3.63, 3.8) is 0 Å². The van der Waals surface area contributed by atoms with E-state index in [1.807, 2.05) is 59.7 Å². The van der Waals surface area contributed by atoms with Crippen LogP contribution in [0.4, 0.5) is 0 Å². The number of ketones is 1. The Kier molecular flexibility index (Phi) is 13.3. The van der Waals surface area contributed by atoms with Crippen molar-refractivity contribution >= 4 is 11.8 Å². The molecule has 11 unspecified atom stereocenters. The summed E-state index contributed by atoms with van der Waals surface area (Å²) in [5.74, 6) is -2.08. The molecule has 0 aliphatic carbocycles. The van der Waals surface area contributed by atoms with E-state index in [9.17, 15) is 24.9 Å². The van der Waals surface area contributed by atoms with Crippen molar-refractivity contribution in [2.75, 3.05) is 20.7 Å². The summed E-state index contributed by atoms with van der Waals surface area (Å²) in [6.07, 6.45) is 2.20. The summed E-state index contributed by atoms with van der Waals surface area (Å²) in [5, 5.41) is 32.2. The van der Waals surface area contributed by atoms with Gasteiger partial charge in [-0.3, -0.25) is 9.59 Å². The first-order valence-electron chi connectivity index (χ1n) is 14.3. The molecule has 0 amide bonds. The predicted molar refractivity (Wildman–Crippen MR) is 149 cm³/mol. The molecule has 1 saturated heterocycles. The largest absolute Gasteiger partial charge is 0.462 e. The SMILES string of the molecule is CCC1OC(=O)CC(O)C(C)C(OC2OC(C)CC(N(C)C)C2O)C(C)CC(C)C(=O)C=CC(C)=CC1CO. The van der Waals surface area contributed by atoms with Gasteiger partial charge in [0.15, 0.2) is 12.1 Å². The molecule has 2 rings (SSSR count). The second kappa shape index (κ2) is 15.4. The Morgan fingerprint density at radius 1 is 1.08 bits per heavy atom. The van der Waals surface area contributed by atoms with Gasteiger partial charge < -0.3 is 34.4 Å². The van der Waals surface area contributed by atoms with Gasteiger partial charge in [0.2, 0.25) is 0 Å². The Morgan fingerprint density at radius 3 is 2.33 bits per heavy atom. The molecule has 0 aromatic heterocycles. The average molecular weight is 554 g/mol. The number of allylic oxidation sites excluding steroid dienone is 3. The number of carbonyl (C=O) groups excluding carboxylic acids is 2. The zero-order chi connectivity index (χ0) is 29.4. The van der Waals surface area contributed by atoms with Crippen LogP contribution in [-0.2, 0) is 23.8 Å². The van der Waals surface area contributed by atoms with E-state index in [4.69, 9.17) is 14.2 Å². The van der Waals surface area contributed by atoms with Crippen molar-refractivity contribution in [2.45, 2.75) is 110 Å². The lowest BCUT2D eigenvalue weighted by atomic mass is 9.82. The lowest BCUT2D eigenvalue weighted by Crippen LogP contribution is -2.56. The maximum atomic E-state index is 13.0. The minimum absolute atomic E-state index is 0.0390. The van der Waals surface area contributed by atoms with Crippen molar-refractivity contribution in [1.82, 2.24) is 4.90 Å². The highest BCUT2D eigenvalue weighted by Gasteiger charge is 2.42. The van der Waals surface area contributed by atoms with E-state index >= 15 is 0 Å². The second-order valence-electron chi connectivity index (χ2n) is 11.8. The first-order chi connectivity index (χ1) is 18.3. The van der Waals surface area contributed by atoms with Gasteiger partial charge >= 0.3 is 5.97 Å². The molecule has 2 aliphatic rings. The number of aliphatic hydroxyl groups is 3. The molecular weight excluding hydrogens is 502 g/mol. The molecule has 9 nitrogen and oxygen atoms in total. The Morgan fingerprint density at radius 2 is 1.74 bits per heavy atom. The average Bonchev–Trinajstić information content (AvgIpc) is 2.87. The van der Waals surface area contributed by atoms with Crippen molar-refractivity contribution in [3.8, 4) is 0 Å². The van der Waals surface area contributed by atoms with Gasteiger partial charge in [0.05, 0.1) is 31.3 Å². The van der Waals surface area contributed by atoms with Gasteiger partial charge in [-0.1, -0.05) is 45.4 Å². The topological polar surface area (TPSA) is 126 Å². The molecule has 0 aromatic rings. The third-order valence-corrected chi connectivity index (χ3v) is 8.20. The summed E-state index contributed by atoms with van der Waals surface area (Å²) in [6.45, 7) is 11.0. The number of cyclic esters (lactones) is 1. The maximum Gasteiger partial charge on any atom is 0.308 e. The third-order valence-electron chi connectivity index (χ3n) is 8.20. The van der Waals surface area contributed by atoms with Crippen LogP contribution in [0.15, 0.2) is 23.8 Å². The molecule has 0 bridgehead atoms. The summed E-state index contributed by atoms with van der Waals surface area (Å²) in [4.78, 5) is 27.8. The van der Waals surface area contributed by atoms with Gasteiger partial charge in [0.1, 0.15) is 12.2 Å². The molecule has 2 aliphatic heterocycles. The molecule has 0 spiro atoms. The summed E-state index contributed by atoms with van der Waals surface area (Å²) in [6, 6.07) is -0.164. The number of hydrogen-bond donors (Lipinski definition) is 3. The quantitative estimate of drug-likeness (QED) is 0.441. The van der Waals surface area contributed by atoms with E-state index in [1.54, 1.807) is 19.1 Å². The highest BCUT2D eigenvalue weighted by Crippen LogP contribution is 2.32. The summed E-state index contributed by atoms with van der Waals surface area (Å²) < 4.78 is 18.1. The van der Waals surface area contributed by atoms with Crippen LogP contribution < -0.4 is 0 Å². The Balaban J connectivity index is 2.40. The Hall–Kier alpha value is -1.62. The maximum absolute atomic E-state index is 13.0. The van der Waals surface area contributed by atoms with Crippen LogP contribution in [0.2, 0.25) is 0 Å². The fourth-order valence-corrected chi connectivity index (χ4v) is 5.71. The highest BCUT2D eigenvalue weighted by atomic mass is 16.7. The van der Waals surface area contributed by atoms with Gasteiger partial charge in [-0.2, -0.15) is 0 Å². The zero-order valence-corrected chi connectivity index (χ0v) is 24.9. The van der Waals surface area contributed by atoms with Crippen LogP contribution in [0.25, 0.3) is 0 Å². The lowest BCUT2D eigenvalue weighted by Gasteiger charge is -2.44. The van der Waals surface area contributed by atoms with E-state index < -0.39 is 48.5 Å². The molecule has 2 heterocycles. The molecule has 0 aromatic carbocycles. The zero-order valence-electron chi connectivity index (χ0n) is 24.9. The molecule has 9 heteroatoms. The summed E-state index contributed by atoms with van der Waals surface area (Å²) >= 11 is 0. The normalized spacial score (nSPS) is 39.9. The van der Waals surface area contributed by atoms with Crippen LogP contribution in [-0.4, -0.2) is 95.5 Å². The van der Waals surface area contributed by atoms with E-state index in [-0.39, 0.29) is 42.8 Å².